The lowest BCUT2D eigenvalue weighted by Crippen LogP contribution is -2.39. The molecule has 0 saturated heterocycles. The minimum atomic E-state index is -3.81. The highest BCUT2D eigenvalue weighted by atomic mass is 32.2. The van der Waals surface area contributed by atoms with Gasteiger partial charge in [0.25, 0.3) is 0 Å². The highest BCUT2D eigenvalue weighted by Crippen LogP contribution is 2.36. The Hall–Kier alpha value is -1.58. The van der Waals surface area contributed by atoms with Crippen molar-refractivity contribution >= 4 is 15.8 Å². The molecule has 0 bridgehead atoms. The lowest BCUT2D eigenvalue weighted by atomic mass is 10.3. The maximum Gasteiger partial charge on any atom is 0.363 e. The topological polar surface area (TPSA) is 122 Å². The van der Waals surface area contributed by atoms with E-state index in [0.717, 1.165) is 18.3 Å². The quantitative estimate of drug-likeness (QED) is 0.565. The number of rotatable bonds is 5. The number of nitrogens with one attached hydrogen (secondary N) is 1. The van der Waals surface area contributed by atoms with E-state index in [9.17, 15) is 18.5 Å². The summed E-state index contributed by atoms with van der Waals surface area (Å²) in [6, 6.07) is 2.13. The van der Waals surface area contributed by atoms with Crippen molar-refractivity contribution in [1.29, 1.82) is 0 Å². The Morgan fingerprint density at radius 3 is 2.56 bits per heavy atom. The summed E-state index contributed by atoms with van der Waals surface area (Å²) >= 11 is 0. The molecular weight excluding hydrogens is 262 g/mol. The SMILES string of the molecule is O=[N+]([O-])c1ccc(S(=O)(=O)NC2(CO)CC2)cn1. The Morgan fingerprint density at radius 1 is 1.50 bits per heavy atom. The van der Waals surface area contributed by atoms with Crippen LogP contribution in [0.4, 0.5) is 5.82 Å². The summed E-state index contributed by atoms with van der Waals surface area (Å²) < 4.78 is 26.2. The van der Waals surface area contributed by atoms with E-state index in [1.165, 1.54) is 0 Å². The zero-order valence-corrected chi connectivity index (χ0v) is 10.1. The van der Waals surface area contributed by atoms with E-state index in [0.29, 0.717) is 12.8 Å². The molecule has 0 unspecified atom stereocenters. The molecule has 0 atom stereocenters. The molecule has 1 aliphatic rings. The Bertz CT molecular complexity index is 564. The van der Waals surface area contributed by atoms with E-state index in [1.54, 1.807) is 0 Å². The third-order valence-corrected chi connectivity index (χ3v) is 4.29. The maximum atomic E-state index is 11.9. The van der Waals surface area contributed by atoms with E-state index in [2.05, 4.69) is 9.71 Å². The summed E-state index contributed by atoms with van der Waals surface area (Å²) in [5.74, 6) is -0.419. The smallest absolute Gasteiger partial charge is 0.363 e. The number of aliphatic hydroxyl groups is 1. The molecule has 2 N–H and O–H groups in total. The van der Waals surface area contributed by atoms with Crippen LogP contribution in [0.15, 0.2) is 23.2 Å². The van der Waals surface area contributed by atoms with Gasteiger partial charge in [-0.15, -0.1) is 0 Å². The van der Waals surface area contributed by atoms with Gasteiger partial charge in [-0.05, 0) is 28.8 Å². The molecule has 1 aromatic heterocycles. The molecule has 1 saturated carbocycles. The van der Waals surface area contributed by atoms with E-state index >= 15 is 0 Å². The first-order chi connectivity index (χ1) is 8.38. The fourth-order valence-corrected chi connectivity index (χ4v) is 2.82. The molecule has 1 heterocycles. The number of aromatic nitrogens is 1. The number of pyridine rings is 1. The fraction of sp³-hybridized carbons (Fsp3) is 0.444. The van der Waals surface area contributed by atoms with Crippen molar-refractivity contribution in [2.45, 2.75) is 23.3 Å². The molecule has 1 aliphatic carbocycles. The summed E-state index contributed by atoms with van der Waals surface area (Å²) in [5.41, 5.74) is -0.777. The van der Waals surface area contributed by atoms with Gasteiger partial charge in [-0.25, -0.2) is 13.1 Å². The van der Waals surface area contributed by atoms with E-state index in [-0.39, 0.29) is 11.5 Å². The van der Waals surface area contributed by atoms with Gasteiger partial charge < -0.3 is 15.2 Å². The summed E-state index contributed by atoms with van der Waals surface area (Å²) in [5, 5.41) is 19.4. The Labute approximate surface area is 103 Å². The van der Waals surface area contributed by atoms with Gasteiger partial charge in [-0.1, -0.05) is 0 Å². The van der Waals surface area contributed by atoms with Crippen LogP contribution in [0.2, 0.25) is 0 Å². The minimum absolute atomic E-state index is 0.159. The van der Waals surface area contributed by atoms with Crippen LogP contribution < -0.4 is 4.72 Å². The molecule has 98 valence electrons. The third-order valence-electron chi connectivity index (χ3n) is 2.73. The monoisotopic (exact) mass is 273 g/mol. The van der Waals surface area contributed by atoms with E-state index < -0.39 is 26.3 Å². The van der Waals surface area contributed by atoms with Crippen LogP contribution in [0.3, 0.4) is 0 Å². The zero-order chi connectivity index (χ0) is 13.4. The van der Waals surface area contributed by atoms with Crippen LogP contribution in [0.25, 0.3) is 0 Å². The van der Waals surface area contributed by atoms with Crippen molar-refractivity contribution in [3.8, 4) is 0 Å². The summed E-state index contributed by atoms with van der Waals surface area (Å²) in [6.45, 7) is -0.271. The van der Waals surface area contributed by atoms with E-state index in [1.807, 2.05) is 0 Å². The zero-order valence-electron chi connectivity index (χ0n) is 9.24. The standard InChI is InChI=1S/C9H11N3O5S/c13-6-9(3-4-9)11-18(16,17)7-1-2-8(10-5-7)12(14)15/h1-2,5,11,13H,3-4,6H2. The van der Waals surface area contributed by atoms with Crippen molar-refractivity contribution in [3.05, 3.63) is 28.4 Å². The van der Waals surface area contributed by atoms with Crippen LogP contribution in [0.1, 0.15) is 12.8 Å². The summed E-state index contributed by atoms with van der Waals surface area (Å²) in [4.78, 5) is 13.0. The molecule has 8 nitrogen and oxygen atoms in total. The van der Waals surface area contributed by atoms with Crippen molar-refractivity contribution in [2.24, 2.45) is 0 Å². The normalized spacial score (nSPS) is 17.4. The second kappa shape index (κ2) is 4.26. The molecule has 1 aromatic rings. The fourth-order valence-electron chi connectivity index (χ4n) is 1.43. The predicted molar refractivity (Wildman–Crippen MR) is 60.3 cm³/mol. The first-order valence-corrected chi connectivity index (χ1v) is 6.62. The number of sulfonamides is 1. The van der Waals surface area contributed by atoms with Crippen molar-refractivity contribution in [2.75, 3.05) is 6.61 Å². The van der Waals surface area contributed by atoms with Gasteiger partial charge in [0.1, 0.15) is 4.90 Å². The second-order valence-electron chi connectivity index (χ2n) is 4.15. The largest absolute Gasteiger partial charge is 0.394 e. The lowest BCUT2D eigenvalue weighted by molar-refractivity contribution is -0.389. The molecule has 0 radical (unpaired) electrons. The minimum Gasteiger partial charge on any atom is -0.394 e. The van der Waals surface area contributed by atoms with Crippen LogP contribution in [0.5, 0.6) is 0 Å². The average molecular weight is 273 g/mol. The molecule has 9 heteroatoms. The summed E-state index contributed by atoms with van der Waals surface area (Å²) in [6.07, 6.45) is 2.07. The van der Waals surface area contributed by atoms with Crippen LogP contribution >= 0.6 is 0 Å². The molecule has 2 rings (SSSR count). The molecule has 0 aliphatic heterocycles. The van der Waals surface area contributed by atoms with Crippen LogP contribution in [-0.4, -0.2) is 35.6 Å². The first-order valence-electron chi connectivity index (χ1n) is 5.14. The van der Waals surface area contributed by atoms with Gasteiger partial charge in [0.15, 0.2) is 6.20 Å². The maximum absolute atomic E-state index is 11.9. The number of hydrogen-bond acceptors (Lipinski definition) is 6. The number of nitrogens with zero attached hydrogens (tertiary/aromatic N) is 2. The highest BCUT2D eigenvalue weighted by Gasteiger charge is 2.45. The molecular formula is C9H11N3O5S. The molecule has 0 aromatic carbocycles. The second-order valence-corrected chi connectivity index (χ2v) is 5.84. The van der Waals surface area contributed by atoms with Crippen molar-refractivity contribution in [3.63, 3.8) is 0 Å². The van der Waals surface area contributed by atoms with Crippen molar-refractivity contribution in [1.82, 2.24) is 9.71 Å². The number of nitro groups is 1. The third kappa shape index (κ3) is 2.47. The highest BCUT2D eigenvalue weighted by molar-refractivity contribution is 7.89. The van der Waals surface area contributed by atoms with Gasteiger partial charge in [0, 0.05) is 6.07 Å². The molecule has 0 amide bonds. The molecule has 0 spiro atoms. The summed E-state index contributed by atoms with van der Waals surface area (Å²) in [7, 11) is -3.81. The van der Waals surface area contributed by atoms with Gasteiger partial charge in [0.2, 0.25) is 10.0 Å². The lowest BCUT2D eigenvalue weighted by Gasteiger charge is -2.13. The molecule has 18 heavy (non-hydrogen) atoms. The van der Waals surface area contributed by atoms with Gasteiger partial charge in [-0.3, -0.25) is 0 Å². The predicted octanol–water partition coefficient (Wildman–Crippen LogP) is -0.207. The van der Waals surface area contributed by atoms with Gasteiger partial charge in [-0.2, -0.15) is 0 Å². The van der Waals surface area contributed by atoms with Crippen LogP contribution in [0, 0.1) is 10.1 Å². The Morgan fingerprint density at radius 2 is 2.17 bits per heavy atom. The molecule has 1 fully saturated rings. The number of aliphatic hydroxyl groups excluding tert-OH is 1. The Kier molecular flexibility index (Phi) is 3.05. The van der Waals surface area contributed by atoms with Gasteiger partial charge >= 0.3 is 5.82 Å². The Balaban J connectivity index is 2.22. The van der Waals surface area contributed by atoms with Crippen molar-refractivity contribution < 1.29 is 18.4 Å². The first kappa shape index (κ1) is 12.9. The van der Waals surface area contributed by atoms with E-state index in [4.69, 9.17) is 5.11 Å². The number of hydrogen-bond donors (Lipinski definition) is 2. The average Bonchev–Trinajstić information content (AvgIpc) is 3.09. The van der Waals surface area contributed by atoms with Gasteiger partial charge in [0.05, 0.1) is 12.1 Å². The van der Waals surface area contributed by atoms with Crippen LogP contribution in [-0.2, 0) is 10.0 Å².